The molecule has 2 rings (SSSR count). The predicted octanol–water partition coefficient (Wildman–Crippen LogP) is 0.0288. The zero-order valence-corrected chi connectivity index (χ0v) is 11.0. The van der Waals surface area contributed by atoms with E-state index in [4.69, 9.17) is 9.84 Å². The van der Waals surface area contributed by atoms with Crippen molar-refractivity contribution in [2.24, 2.45) is 0 Å². The smallest absolute Gasteiger partial charge is 0.251 e. The molecular weight excluding hydrogens is 246 g/mol. The van der Waals surface area contributed by atoms with E-state index in [1.165, 1.54) is 0 Å². The van der Waals surface area contributed by atoms with Gasteiger partial charge in [0.05, 0.1) is 19.3 Å². The minimum Gasteiger partial charge on any atom is -0.392 e. The number of hydrogen-bond donors (Lipinski definition) is 2. The molecule has 1 aromatic heterocycles. The minimum atomic E-state index is -0.551. The van der Waals surface area contributed by atoms with E-state index in [1.54, 1.807) is 25.3 Å². The van der Waals surface area contributed by atoms with Gasteiger partial charge in [0.1, 0.15) is 5.82 Å². The molecule has 0 spiro atoms. The van der Waals surface area contributed by atoms with Crippen molar-refractivity contribution in [3.05, 3.63) is 23.9 Å². The highest BCUT2D eigenvalue weighted by Gasteiger charge is 2.14. The lowest BCUT2D eigenvalue weighted by atomic mass is 10.2. The largest absolute Gasteiger partial charge is 0.392 e. The van der Waals surface area contributed by atoms with Crippen LogP contribution in [0.1, 0.15) is 17.3 Å². The third-order valence-corrected chi connectivity index (χ3v) is 2.90. The van der Waals surface area contributed by atoms with E-state index in [2.05, 4.69) is 15.2 Å². The maximum absolute atomic E-state index is 11.9. The molecule has 0 saturated carbocycles. The first-order valence-corrected chi connectivity index (χ1v) is 6.42. The van der Waals surface area contributed by atoms with Crippen molar-refractivity contribution in [2.75, 3.05) is 37.7 Å². The molecule has 19 heavy (non-hydrogen) atoms. The van der Waals surface area contributed by atoms with Crippen LogP contribution in [-0.2, 0) is 4.74 Å². The van der Waals surface area contributed by atoms with Crippen molar-refractivity contribution in [3.63, 3.8) is 0 Å². The lowest BCUT2D eigenvalue weighted by Gasteiger charge is -2.27. The van der Waals surface area contributed by atoms with Gasteiger partial charge in [-0.2, -0.15) is 0 Å². The molecule has 1 saturated heterocycles. The number of pyridine rings is 1. The van der Waals surface area contributed by atoms with Crippen LogP contribution >= 0.6 is 0 Å². The van der Waals surface area contributed by atoms with E-state index in [9.17, 15) is 4.79 Å². The molecule has 1 fully saturated rings. The van der Waals surface area contributed by atoms with Crippen LogP contribution in [0.4, 0.5) is 5.82 Å². The summed E-state index contributed by atoms with van der Waals surface area (Å²) in [5, 5.41) is 11.8. The maximum atomic E-state index is 11.9. The number of hydrogen-bond acceptors (Lipinski definition) is 5. The first-order chi connectivity index (χ1) is 9.16. The number of ether oxygens (including phenoxy) is 1. The molecule has 0 aliphatic carbocycles. The SMILES string of the molecule is CC(O)CNC(=O)c1ccnc(N2CCOCC2)c1. The molecule has 6 heteroatoms. The Morgan fingerprint density at radius 2 is 2.32 bits per heavy atom. The van der Waals surface area contributed by atoms with Crippen LogP contribution < -0.4 is 10.2 Å². The Balaban J connectivity index is 2.03. The van der Waals surface area contributed by atoms with Gasteiger partial charge in [-0.25, -0.2) is 4.98 Å². The van der Waals surface area contributed by atoms with Crippen molar-refractivity contribution in [3.8, 4) is 0 Å². The fourth-order valence-corrected chi connectivity index (χ4v) is 1.87. The number of anilines is 1. The number of rotatable bonds is 4. The highest BCUT2D eigenvalue weighted by Crippen LogP contribution is 2.14. The number of aliphatic hydroxyl groups is 1. The van der Waals surface area contributed by atoms with Gasteiger partial charge >= 0.3 is 0 Å². The summed E-state index contributed by atoms with van der Waals surface area (Å²) in [4.78, 5) is 18.3. The third kappa shape index (κ3) is 3.90. The number of carbonyl (C=O) groups is 1. The monoisotopic (exact) mass is 265 g/mol. The van der Waals surface area contributed by atoms with Gasteiger partial charge in [0.2, 0.25) is 0 Å². The summed E-state index contributed by atoms with van der Waals surface area (Å²) in [5.74, 6) is 0.589. The number of nitrogens with zero attached hydrogens (tertiary/aromatic N) is 2. The Hall–Kier alpha value is -1.66. The molecule has 1 amide bonds. The van der Waals surface area contributed by atoms with Gasteiger partial charge in [0, 0.05) is 31.4 Å². The molecule has 1 aromatic rings. The van der Waals surface area contributed by atoms with Crippen molar-refractivity contribution in [1.29, 1.82) is 0 Å². The van der Waals surface area contributed by atoms with E-state index >= 15 is 0 Å². The molecule has 1 atom stereocenters. The second-order valence-electron chi connectivity index (χ2n) is 4.56. The van der Waals surface area contributed by atoms with Gasteiger partial charge in [-0.05, 0) is 19.1 Å². The van der Waals surface area contributed by atoms with Crippen LogP contribution in [0.25, 0.3) is 0 Å². The Labute approximate surface area is 112 Å². The Bertz CT molecular complexity index is 431. The maximum Gasteiger partial charge on any atom is 0.251 e. The minimum absolute atomic E-state index is 0.196. The van der Waals surface area contributed by atoms with Gasteiger partial charge < -0.3 is 20.1 Å². The molecule has 0 aromatic carbocycles. The molecule has 6 nitrogen and oxygen atoms in total. The highest BCUT2D eigenvalue weighted by molar-refractivity contribution is 5.94. The third-order valence-electron chi connectivity index (χ3n) is 2.90. The van der Waals surface area contributed by atoms with E-state index in [0.29, 0.717) is 18.8 Å². The molecule has 104 valence electrons. The lowest BCUT2D eigenvalue weighted by molar-refractivity contribution is 0.0924. The van der Waals surface area contributed by atoms with Crippen LogP contribution in [0.2, 0.25) is 0 Å². The lowest BCUT2D eigenvalue weighted by Crippen LogP contribution is -2.37. The summed E-state index contributed by atoms with van der Waals surface area (Å²) >= 11 is 0. The molecule has 2 N–H and O–H groups in total. The van der Waals surface area contributed by atoms with Crippen LogP contribution in [0.5, 0.6) is 0 Å². The van der Waals surface area contributed by atoms with Crippen LogP contribution in [-0.4, -0.2) is 54.9 Å². The van der Waals surface area contributed by atoms with Crippen LogP contribution in [0.3, 0.4) is 0 Å². The first kappa shape index (κ1) is 13.8. The second kappa shape index (κ2) is 6.49. The average Bonchev–Trinajstić information content (AvgIpc) is 2.46. The first-order valence-electron chi connectivity index (χ1n) is 6.42. The second-order valence-corrected chi connectivity index (χ2v) is 4.56. The van der Waals surface area contributed by atoms with Gasteiger partial charge in [0.25, 0.3) is 5.91 Å². The highest BCUT2D eigenvalue weighted by atomic mass is 16.5. The summed E-state index contributed by atoms with van der Waals surface area (Å²) in [6.07, 6.45) is 1.08. The summed E-state index contributed by atoms with van der Waals surface area (Å²) in [5.41, 5.74) is 0.553. The summed E-state index contributed by atoms with van der Waals surface area (Å²) in [6.45, 7) is 4.80. The summed E-state index contributed by atoms with van der Waals surface area (Å²) < 4.78 is 5.29. The van der Waals surface area contributed by atoms with E-state index < -0.39 is 6.10 Å². The topological polar surface area (TPSA) is 74.7 Å². The number of aliphatic hydroxyl groups excluding tert-OH is 1. The zero-order valence-electron chi connectivity index (χ0n) is 11.0. The van der Waals surface area contributed by atoms with Crippen molar-refractivity contribution < 1.29 is 14.6 Å². The van der Waals surface area contributed by atoms with Gasteiger partial charge in [-0.15, -0.1) is 0 Å². The number of aromatic nitrogens is 1. The fraction of sp³-hybridized carbons (Fsp3) is 0.538. The fourth-order valence-electron chi connectivity index (χ4n) is 1.87. The van der Waals surface area contributed by atoms with Gasteiger partial charge in [-0.3, -0.25) is 4.79 Å². The average molecular weight is 265 g/mol. The molecule has 2 heterocycles. The van der Waals surface area contributed by atoms with E-state index in [0.717, 1.165) is 18.9 Å². The van der Waals surface area contributed by atoms with Crippen LogP contribution in [0.15, 0.2) is 18.3 Å². The zero-order chi connectivity index (χ0) is 13.7. The Kier molecular flexibility index (Phi) is 4.70. The Morgan fingerprint density at radius 1 is 1.58 bits per heavy atom. The quantitative estimate of drug-likeness (QED) is 0.803. The van der Waals surface area contributed by atoms with Crippen molar-refractivity contribution in [1.82, 2.24) is 10.3 Å². The molecular formula is C13H19N3O3. The molecule has 1 unspecified atom stereocenters. The molecule has 0 radical (unpaired) electrons. The standard InChI is InChI=1S/C13H19N3O3/c1-10(17)9-15-13(18)11-2-3-14-12(8-11)16-4-6-19-7-5-16/h2-3,8,10,17H,4-7,9H2,1H3,(H,15,18). The Morgan fingerprint density at radius 3 is 3.00 bits per heavy atom. The van der Waals surface area contributed by atoms with Crippen molar-refractivity contribution in [2.45, 2.75) is 13.0 Å². The molecule has 0 bridgehead atoms. The van der Waals surface area contributed by atoms with Crippen molar-refractivity contribution >= 4 is 11.7 Å². The number of carbonyl (C=O) groups excluding carboxylic acids is 1. The molecule has 1 aliphatic rings. The van der Waals surface area contributed by atoms with Gasteiger partial charge in [-0.1, -0.05) is 0 Å². The number of amides is 1. The number of nitrogens with one attached hydrogen (secondary N) is 1. The normalized spacial score (nSPS) is 17.1. The molecule has 1 aliphatic heterocycles. The summed E-state index contributed by atoms with van der Waals surface area (Å²) in [6, 6.07) is 3.43. The number of morpholine rings is 1. The van der Waals surface area contributed by atoms with E-state index in [1.807, 2.05) is 0 Å². The summed E-state index contributed by atoms with van der Waals surface area (Å²) in [7, 11) is 0. The predicted molar refractivity (Wildman–Crippen MR) is 71.3 cm³/mol. The van der Waals surface area contributed by atoms with Gasteiger partial charge in [0.15, 0.2) is 0 Å². The van der Waals surface area contributed by atoms with Crippen LogP contribution in [0, 0.1) is 0 Å². The van der Waals surface area contributed by atoms with E-state index in [-0.39, 0.29) is 12.5 Å².